The van der Waals surface area contributed by atoms with E-state index < -0.39 is 20.0 Å². The van der Waals surface area contributed by atoms with E-state index in [9.17, 15) is 19.0 Å². The second-order valence-electron chi connectivity index (χ2n) is 23.6. The van der Waals surface area contributed by atoms with Crippen LogP contribution in [0.25, 0.3) is 0 Å². The molecule has 0 radical (unpaired) electrons. The molecule has 3 atom stereocenters. The van der Waals surface area contributed by atoms with Crippen LogP contribution in [0.5, 0.6) is 0 Å². The monoisotopic (exact) mass is 1180 g/mol. The normalized spacial score (nSPS) is 14.3. The first kappa shape index (κ1) is 79.4. The standard InChI is InChI=1S/C73H127N2O7P/c1-7-10-13-16-19-22-25-27-29-31-33-34-35-36-37-38-39-40-42-44-46-48-51-54-57-60-63-66-73(77)82-71(64-61-58-55-52-49-24-21-18-15-12-9-3)70(69-81-83(78,79)80-68-67-75(4,5)6)74-72(76)65-62-59-56-53-50-47-45-43-41-32-30-28-26-23-20-17-14-11-8-2/h10,13,19-20,22-23,27-30,33-34,36-37,39-41,43,61,64,70-71H,7-9,11-12,14-18,21,24-26,31-32,35,38,42,44-60,62-63,65-69H2,1-6H3,(H-,74,76,78,79)/p+1/b13-10-,22-19-,23-20-,29-27-,30-28-,34-33-,37-36-,40-39-,43-41-,64-61-. The third-order valence-corrected chi connectivity index (χ3v) is 15.4. The maximum Gasteiger partial charge on any atom is 0.472 e. The number of hydrogen-bond donors (Lipinski definition) is 2. The highest BCUT2D eigenvalue weighted by Gasteiger charge is 2.30. The van der Waals surface area contributed by atoms with Crippen molar-refractivity contribution in [2.75, 3.05) is 40.9 Å². The van der Waals surface area contributed by atoms with Gasteiger partial charge in [0.05, 0.1) is 33.8 Å². The zero-order valence-electron chi connectivity index (χ0n) is 54.4. The minimum Gasteiger partial charge on any atom is -0.456 e. The number of carbonyl (C=O) groups excluding carboxylic acids is 2. The molecule has 1 amide bonds. The van der Waals surface area contributed by atoms with Crippen LogP contribution in [0.15, 0.2) is 122 Å². The van der Waals surface area contributed by atoms with Crippen molar-refractivity contribution in [2.45, 2.75) is 290 Å². The fourth-order valence-corrected chi connectivity index (χ4v) is 9.92. The summed E-state index contributed by atoms with van der Waals surface area (Å²) in [5.74, 6) is -0.534. The Balaban J connectivity index is 5.13. The van der Waals surface area contributed by atoms with Gasteiger partial charge < -0.3 is 19.4 Å². The van der Waals surface area contributed by atoms with Crippen LogP contribution in [0.2, 0.25) is 0 Å². The van der Waals surface area contributed by atoms with Crippen molar-refractivity contribution in [3.05, 3.63) is 122 Å². The minimum absolute atomic E-state index is 0.0301. The molecule has 0 aliphatic heterocycles. The van der Waals surface area contributed by atoms with Gasteiger partial charge in [0, 0.05) is 12.8 Å². The van der Waals surface area contributed by atoms with E-state index in [0.29, 0.717) is 17.4 Å². The summed E-state index contributed by atoms with van der Waals surface area (Å²) in [6.45, 7) is 6.85. The summed E-state index contributed by atoms with van der Waals surface area (Å²) in [6.07, 6.45) is 86.3. The average molecular weight is 1180 g/mol. The molecule has 0 bridgehead atoms. The van der Waals surface area contributed by atoms with Crippen LogP contribution in [0.3, 0.4) is 0 Å². The molecule has 9 nitrogen and oxygen atoms in total. The number of unbranched alkanes of at least 4 members (excludes halogenated alkanes) is 26. The number of phosphoric ester groups is 1. The summed E-state index contributed by atoms with van der Waals surface area (Å²) in [5.41, 5.74) is 0. The predicted molar refractivity (Wildman–Crippen MR) is 360 cm³/mol. The lowest BCUT2D eigenvalue weighted by Crippen LogP contribution is -2.47. The molecule has 0 aliphatic rings. The lowest BCUT2D eigenvalue weighted by molar-refractivity contribution is -0.870. The van der Waals surface area contributed by atoms with Gasteiger partial charge in [0.15, 0.2) is 0 Å². The molecule has 0 saturated heterocycles. The number of amides is 1. The molecule has 0 saturated carbocycles. The Morgan fingerprint density at radius 2 is 0.771 bits per heavy atom. The zero-order chi connectivity index (χ0) is 60.7. The molecule has 476 valence electrons. The number of nitrogens with one attached hydrogen (secondary N) is 1. The van der Waals surface area contributed by atoms with Crippen LogP contribution >= 0.6 is 7.82 Å². The van der Waals surface area contributed by atoms with Gasteiger partial charge in [-0.2, -0.15) is 0 Å². The van der Waals surface area contributed by atoms with Gasteiger partial charge in [0.1, 0.15) is 19.3 Å². The van der Waals surface area contributed by atoms with Gasteiger partial charge in [-0.05, 0) is 122 Å². The van der Waals surface area contributed by atoms with Crippen LogP contribution < -0.4 is 5.32 Å². The number of nitrogens with zero attached hydrogens (tertiary/aromatic N) is 1. The van der Waals surface area contributed by atoms with Crippen molar-refractivity contribution in [1.29, 1.82) is 0 Å². The fourth-order valence-electron chi connectivity index (χ4n) is 9.19. The molecule has 3 unspecified atom stereocenters. The summed E-state index contributed by atoms with van der Waals surface area (Å²) >= 11 is 0. The average Bonchev–Trinajstić information content (AvgIpc) is 3.51. The third kappa shape index (κ3) is 62.8. The van der Waals surface area contributed by atoms with Crippen molar-refractivity contribution >= 4 is 19.7 Å². The minimum atomic E-state index is -4.46. The van der Waals surface area contributed by atoms with Crippen molar-refractivity contribution in [3.8, 4) is 0 Å². The van der Waals surface area contributed by atoms with Crippen LogP contribution in [-0.4, -0.2) is 74.3 Å². The Hall–Kier alpha value is -3.59. The molecule has 0 aromatic heterocycles. The molecule has 0 spiro atoms. The topological polar surface area (TPSA) is 111 Å². The number of rotatable bonds is 60. The van der Waals surface area contributed by atoms with E-state index in [0.717, 1.165) is 148 Å². The van der Waals surface area contributed by atoms with Crippen LogP contribution in [0.4, 0.5) is 0 Å². The number of phosphoric acid groups is 1. The Labute approximate surface area is 512 Å². The number of likely N-dealkylation sites (N-methyl/N-ethyl adjacent to an activating group) is 1. The van der Waals surface area contributed by atoms with E-state index in [1.165, 1.54) is 96.3 Å². The van der Waals surface area contributed by atoms with Gasteiger partial charge in [0.2, 0.25) is 5.91 Å². The molecule has 10 heteroatoms. The summed E-state index contributed by atoms with van der Waals surface area (Å²) in [6, 6.07) is -0.867. The Kier molecular flexibility index (Phi) is 58.8. The maximum absolute atomic E-state index is 13.6. The smallest absolute Gasteiger partial charge is 0.456 e. The first-order valence-corrected chi connectivity index (χ1v) is 35.4. The molecule has 0 heterocycles. The number of allylic oxidation sites excluding steroid dienone is 19. The quantitative estimate of drug-likeness (QED) is 0.0205. The Morgan fingerprint density at radius 1 is 0.434 bits per heavy atom. The van der Waals surface area contributed by atoms with E-state index in [2.05, 4.69) is 135 Å². The van der Waals surface area contributed by atoms with E-state index in [1.54, 1.807) is 0 Å². The molecular weight excluding hydrogens is 1050 g/mol. The van der Waals surface area contributed by atoms with Crippen molar-refractivity contribution in [3.63, 3.8) is 0 Å². The molecular formula is C73H128N2O7P+. The van der Waals surface area contributed by atoms with Crippen LogP contribution in [-0.2, 0) is 27.9 Å². The van der Waals surface area contributed by atoms with Gasteiger partial charge >= 0.3 is 13.8 Å². The molecule has 0 fully saturated rings. The zero-order valence-corrected chi connectivity index (χ0v) is 55.3. The van der Waals surface area contributed by atoms with Gasteiger partial charge in [0.25, 0.3) is 0 Å². The Morgan fingerprint density at radius 3 is 1.18 bits per heavy atom. The fraction of sp³-hybridized carbons (Fsp3) is 0.699. The highest BCUT2D eigenvalue weighted by atomic mass is 31.2. The van der Waals surface area contributed by atoms with E-state index >= 15 is 0 Å². The molecule has 0 rings (SSSR count). The van der Waals surface area contributed by atoms with Crippen LogP contribution in [0.1, 0.15) is 278 Å². The van der Waals surface area contributed by atoms with E-state index in [-0.39, 0.29) is 31.5 Å². The number of ether oxygens (including phenoxy) is 1. The summed E-state index contributed by atoms with van der Waals surface area (Å²) in [4.78, 5) is 37.8. The highest BCUT2D eigenvalue weighted by molar-refractivity contribution is 7.47. The first-order valence-electron chi connectivity index (χ1n) is 33.9. The number of esters is 1. The predicted octanol–water partition coefficient (Wildman–Crippen LogP) is 21.4. The highest BCUT2D eigenvalue weighted by Crippen LogP contribution is 2.43. The lowest BCUT2D eigenvalue weighted by Gasteiger charge is -2.27. The largest absolute Gasteiger partial charge is 0.472 e. The number of quaternary nitrogens is 1. The van der Waals surface area contributed by atoms with Crippen LogP contribution in [0, 0.1) is 0 Å². The summed E-state index contributed by atoms with van der Waals surface area (Å²) < 4.78 is 30.7. The SMILES string of the molecule is CC/C=C\C/C=C\C/C=C\C/C=C\C/C=C\C/C=C\CCCCCCCCCCC(=O)OC(/C=C\CCCCCCCCCCC)C(COP(=O)(O)OCC[N+](C)(C)C)NC(=O)CCCCCCCC/C=C\C/C=C\C/C=C\CCCCC. The molecule has 0 aromatic rings. The van der Waals surface area contributed by atoms with Gasteiger partial charge in [-0.25, -0.2) is 4.57 Å². The van der Waals surface area contributed by atoms with Crippen molar-refractivity contribution in [2.24, 2.45) is 0 Å². The second kappa shape index (κ2) is 61.5. The number of carbonyl (C=O) groups is 2. The van der Waals surface area contributed by atoms with Gasteiger partial charge in [-0.1, -0.05) is 265 Å². The summed E-state index contributed by atoms with van der Waals surface area (Å²) in [7, 11) is 1.47. The van der Waals surface area contributed by atoms with Crippen molar-refractivity contribution in [1.82, 2.24) is 5.32 Å². The molecule has 83 heavy (non-hydrogen) atoms. The lowest BCUT2D eigenvalue weighted by atomic mass is 10.1. The second-order valence-corrected chi connectivity index (χ2v) is 25.1. The Bertz CT molecular complexity index is 1830. The molecule has 2 N–H and O–H groups in total. The maximum atomic E-state index is 13.6. The number of hydrogen-bond acceptors (Lipinski definition) is 6. The van der Waals surface area contributed by atoms with E-state index in [1.807, 2.05) is 33.3 Å². The molecule has 0 aromatic carbocycles. The molecule has 0 aliphatic carbocycles. The van der Waals surface area contributed by atoms with Crippen molar-refractivity contribution < 1.29 is 37.3 Å². The van der Waals surface area contributed by atoms with Gasteiger partial charge in [-0.3, -0.25) is 18.6 Å². The van der Waals surface area contributed by atoms with Gasteiger partial charge in [-0.15, -0.1) is 0 Å². The third-order valence-electron chi connectivity index (χ3n) is 14.4. The van der Waals surface area contributed by atoms with E-state index in [4.69, 9.17) is 13.8 Å². The first-order chi connectivity index (χ1) is 40.4. The summed E-state index contributed by atoms with van der Waals surface area (Å²) in [5, 5.41) is 3.05.